The zero-order valence-corrected chi connectivity index (χ0v) is 17.1. The zero-order chi connectivity index (χ0) is 20.4. The summed E-state index contributed by atoms with van der Waals surface area (Å²) in [6, 6.07) is 17.2. The molecule has 3 aromatic rings. The van der Waals surface area contributed by atoms with Gasteiger partial charge in [-0.3, -0.25) is 9.59 Å². The van der Waals surface area contributed by atoms with Crippen molar-refractivity contribution in [2.75, 3.05) is 16.8 Å². The van der Waals surface area contributed by atoms with E-state index in [9.17, 15) is 9.59 Å². The molecule has 1 aromatic heterocycles. The summed E-state index contributed by atoms with van der Waals surface area (Å²) in [5.74, 6) is -0.379. The maximum Gasteiger partial charge on any atom is 0.244 e. The maximum absolute atomic E-state index is 13.0. The summed E-state index contributed by atoms with van der Waals surface area (Å²) >= 11 is 1.55. The number of nitrogens with zero attached hydrogens (tertiary/aromatic N) is 2. The summed E-state index contributed by atoms with van der Waals surface area (Å²) in [7, 11) is 0. The van der Waals surface area contributed by atoms with E-state index in [2.05, 4.69) is 5.32 Å². The summed E-state index contributed by atoms with van der Waals surface area (Å²) in [4.78, 5) is 33.0. The Morgan fingerprint density at radius 3 is 2.59 bits per heavy atom. The molecule has 1 aliphatic heterocycles. The summed E-state index contributed by atoms with van der Waals surface area (Å²) in [5.41, 5.74) is 4.96. The Hall–Kier alpha value is -3.25. The van der Waals surface area contributed by atoms with E-state index in [0.29, 0.717) is 11.4 Å². The minimum Gasteiger partial charge on any atom is -0.325 e. The number of amides is 2. The van der Waals surface area contributed by atoms with Gasteiger partial charge in [0.2, 0.25) is 11.8 Å². The fraction of sp³-hybridized carbons (Fsp3) is 0.174. The van der Waals surface area contributed by atoms with E-state index in [4.69, 9.17) is 4.99 Å². The van der Waals surface area contributed by atoms with Crippen LogP contribution in [0, 0.1) is 13.8 Å². The Morgan fingerprint density at radius 2 is 1.86 bits per heavy atom. The van der Waals surface area contributed by atoms with Gasteiger partial charge in [-0.1, -0.05) is 24.3 Å². The van der Waals surface area contributed by atoms with E-state index in [0.717, 1.165) is 27.4 Å². The van der Waals surface area contributed by atoms with Crippen molar-refractivity contribution in [3.05, 3.63) is 76.0 Å². The van der Waals surface area contributed by atoms with Crippen LogP contribution in [0.4, 0.5) is 17.1 Å². The van der Waals surface area contributed by atoms with E-state index in [-0.39, 0.29) is 24.8 Å². The largest absolute Gasteiger partial charge is 0.325 e. The number of fused-ring (bicyclic) bond motifs is 1. The number of benzene rings is 2. The van der Waals surface area contributed by atoms with Crippen LogP contribution in [-0.2, 0) is 9.59 Å². The predicted molar refractivity (Wildman–Crippen MR) is 118 cm³/mol. The molecular weight excluding hydrogens is 382 g/mol. The quantitative estimate of drug-likeness (QED) is 0.676. The summed E-state index contributed by atoms with van der Waals surface area (Å²) in [5, 5.41) is 4.88. The number of carbonyl (C=O) groups excluding carboxylic acids is 2. The molecule has 4 rings (SSSR count). The molecule has 29 heavy (non-hydrogen) atoms. The molecule has 0 saturated heterocycles. The van der Waals surface area contributed by atoms with Crippen LogP contribution in [0.25, 0.3) is 0 Å². The van der Waals surface area contributed by atoms with Crippen LogP contribution < -0.4 is 10.2 Å². The number of thiophene rings is 1. The highest BCUT2D eigenvalue weighted by molar-refractivity contribution is 7.12. The van der Waals surface area contributed by atoms with Gasteiger partial charge in [-0.2, -0.15) is 0 Å². The Balaban J connectivity index is 1.60. The average Bonchev–Trinajstić information content (AvgIpc) is 3.16. The minimum atomic E-state index is -0.238. The van der Waals surface area contributed by atoms with Crippen LogP contribution in [0.2, 0.25) is 0 Å². The fourth-order valence-electron chi connectivity index (χ4n) is 3.49. The number of nitrogens with one attached hydrogen (secondary N) is 1. The molecule has 2 heterocycles. The summed E-state index contributed by atoms with van der Waals surface area (Å²) in [6.45, 7) is 3.91. The SMILES string of the molecule is Cc1cc(C)cc(NC(=O)CN2C(=O)CC(c3cccs3)=Nc3ccccc32)c1. The first-order valence-corrected chi connectivity index (χ1v) is 10.3. The maximum atomic E-state index is 13.0. The van der Waals surface area contributed by atoms with Crippen molar-refractivity contribution in [1.82, 2.24) is 0 Å². The normalized spacial score (nSPS) is 13.5. The third-order valence-electron chi connectivity index (χ3n) is 4.66. The van der Waals surface area contributed by atoms with Gasteiger partial charge in [0, 0.05) is 10.6 Å². The predicted octanol–water partition coefficient (Wildman–Crippen LogP) is 4.86. The highest BCUT2D eigenvalue weighted by Crippen LogP contribution is 2.33. The molecule has 0 atom stereocenters. The van der Waals surface area contributed by atoms with Crippen LogP contribution >= 0.6 is 11.3 Å². The number of hydrogen-bond donors (Lipinski definition) is 1. The molecule has 146 valence electrons. The molecule has 5 nitrogen and oxygen atoms in total. The lowest BCUT2D eigenvalue weighted by Crippen LogP contribution is -2.38. The van der Waals surface area contributed by atoms with Crippen LogP contribution in [0.3, 0.4) is 0 Å². The molecule has 1 N–H and O–H groups in total. The van der Waals surface area contributed by atoms with E-state index in [1.807, 2.05) is 73.8 Å². The van der Waals surface area contributed by atoms with Gasteiger partial charge in [0.05, 0.1) is 23.5 Å². The van der Waals surface area contributed by atoms with Crippen molar-refractivity contribution >= 4 is 45.9 Å². The molecule has 0 unspecified atom stereocenters. The third kappa shape index (κ3) is 4.27. The number of aliphatic imine (C=N–C) groups is 1. The highest BCUT2D eigenvalue weighted by atomic mass is 32.1. The van der Waals surface area contributed by atoms with Crippen LogP contribution in [0.1, 0.15) is 22.4 Å². The molecular formula is C23H21N3O2S. The van der Waals surface area contributed by atoms with Crippen LogP contribution in [0.15, 0.2) is 65.0 Å². The van der Waals surface area contributed by atoms with Gasteiger partial charge in [-0.15, -0.1) is 11.3 Å². The molecule has 0 bridgehead atoms. The first kappa shape index (κ1) is 19.1. The average molecular weight is 404 g/mol. The van der Waals surface area contributed by atoms with Gasteiger partial charge in [0.25, 0.3) is 0 Å². The van der Waals surface area contributed by atoms with E-state index in [1.54, 1.807) is 11.3 Å². The summed E-state index contributed by atoms with van der Waals surface area (Å²) < 4.78 is 0. The molecule has 6 heteroatoms. The highest BCUT2D eigenvalue weighted by Gasteiger charge is 2.26. The van der Waals surface area contributed by atoms with Crippen molar-refractivity contribution < 1.29 is 9.59 Å². The Morgan fingerprint density at radius 1 is 1.10 bits per heavy atom. The third-order valence-corrected chi connectivity index (χ3v) is 5.58. The topological polar surface area (TPSA) is 61.8 Å². The van der Waals surface area contributed by atoms with Gasteiger partial charge in [0.1, 0.15) is 6.54 Å². The Labute approximate surface area is 173 Å². The smallest absolute Gasteiger partial charge is 0.244 e. The second-order valence-electron chi connectivity index (χ2n) is 7.11. The molecule has 0 radical (unpaired) electrons. The molecule has 0 aliphatic carbocycles. The van der Waals surface area contributed by atoms with Crippen molar-refractivity contribution in [3.8, 4) is 0 Å². The van der Waals surface area contributed by atoms with Crippen molar-refractivity contribution in [3.63, 3.8) is 0 Å². The van der Waals surface area contributed by atoms with E-state index < -0.39 is 0 Å². The number of aryl methyl sites for hydroxylation is 2. The van der Waals surface area contributed by atoms with Gasteiger partial charge in [0.15, 0.2) is 0 Å². The first-order valence-electron chi connectivity index (χ1n) is 9.38. The van der Waals surface area contributed by atoms with Crippen molar-refractivity contribution in [2.24, 2.45) is 4.99 Å². The number of hydrogen-bond acceptors (Lipinski definition) is 4. The molecule has 0 saturated carbocycles. The van der Waals surface area contributed by atoms with Gasteiger partial charge in [-0.05, 0) is 60.7 Å². The lowest BCUT2D eigenvalue weighted by Gasteiger charge is -2.22. The van der Waals surface area contributed by atoms with Crippen molar-refractivity contribution in [2.45, 2.75) is 20.3 Å². The zero-order valence-electron chi connectivity index (χ0n) is 16.3. The summed E-state index contributed by atoms with van der Waals surface area (Å²) in [6.07, 6.45) is 0.159. The Kier molecular flexibility index (Phi) is 5.27. The lowest BCUT2D eigenvalue weighted by atomic mass is 10.1. The molecule has 2 aromatic carbocycles. The molecule has 0 spiro atoms. The first-order chi connectivity index (χ1) is 14.0. The number of anilines is 2. The number of para-hydroxylation sites is 2. The van der Waals surface area contributed by atoms with Gasteiger partial charge in [-0.25, -0.2) is 4.99 Å². The molecule has 0 fully saturated rings. The standard InChI is InChI=1S/C23H21N3O2S/c1-15-10-16(2)12-17(11-15)24-22(27)14-26-20-7-4-3-6-18(20)25-19(13-23(26)28)21-8-5-9-29-21/h3-12H,13-14H2,1-2H3,(H,24,27). The van der Waals surface area contributed by atoms with E-state index >= 15 is 0 Å². The molecule has 1 aliphatic rings. The fourth-order valence-corrected chi connectivity index (χ4v) is 4.21. The second kappa shape index (κ2) is 8.01. The number of carbonyl (C=O) groups is 2. The van der Waals surface area contributed by atoms with Crippen molar-refractivity contribution in [1.29, 1.82) is 0 Å². The van der Waals surface area contributed by atoms with E-state index in [1.165, 1.54) is 4.90 Å². The van der Waals surface area contributed by atoms with Crippen LogP contribution in [-0.4, -0.2) is 24.1 Å². The van der Waals surface area contributed by atoms with Gasteiger partial charge >= 0.3 is 0 Å². The minimum absolute atomic E-state index is 0.0594. The van der Waals surface area contributed by atoms with Gasteiger partial charge < -0.3 is 10.2 Å². The van der Waals surface area contributed by atoms with Crippen LogP contribution in [0.5, 0.6) is 0 Å². The lowest BCUT2D eigenvalue weighted by molar-refractivity contribution is -0.120. The molecule has 2 amide bonds. The second-order valence-corrected chi connectivity index (χ2v) is 8.05. The number of rotatable bonds is 4. The monoisotopic (exact) mass is 403 g/mol. The Bertz CT molecular complexity index is 1080.